The molecule has 6 nitrogen and oxygen atoms in total. The summed E-state index contributed by atoms with van der Waals surface area (Å²) in [5.74, 6) is 0.408. The van der Waals surface area contributed by atoms with Crippen LogP contribution in [0.4, 0.5) is 5.69 Å². The van der Waals surface area contributed by atoms with Gasteiger partial charge in [0.1, 0.15) is 16.6 Å². The van der Waals surface area contributed by atoms with E-state index in [0.29, 0.717) is 16.3 Å². The lowest BCUT2D eigenvalue weighted by Crippen LogP contribution is -2.10. The minimum Gasteiger partial charge on any atom is -0.479 e. The number of aromatic nitrogens is 2. The number of amides is 1. The van der Waals surface area contributed by atoms with Crippen LogP contribution in [0.25, 0.3) is 15.9 Å². The molecule has 138 valence electrons. The smallest absolute Gasteiger partial charge is 0.265 e. The van der Waals surface area contributed by atoms with Crippen LogP contribution >= 0.6 is 11.3 Å². The van der Waals surface area contributed by atoms with Gasteiger partial charge in [-0.2, -0.15) is 10.4 Å². The molecule has 2 heterocycles. The predicted molar refractivity (Wildman–Crippen MR) is 109 cm³/mol. The molecule has 0 spiro atoms. The Bertz CT molecular complexity index is 1170. The highest BCUT2D eigenvalue weighted by Gasteiger charge is 2.17. The number of hydrogen-bond acceptors (Lipinski definition) is 5. The highest BCUT2D eigenvalue weighted by molar-refractivity contribution is 7.20. The molecule has 0 atom stereocenters. The van der Waals surface area contributed by atoms with Crippen LogP contribution < -0.4 is 10.1 Å². The molecular formula is C21H16N4O2S. The number of aryl methyl sites for hydroxylation is 1. The number of carbonyl (C=O) groups excluding carboxylic acids is 1. The number of hydrogen-bond donors (Lipinski definition) is 1. The first kappa shape index (κ1) is 17.8. The van der Waals surface area contributed by atoms with Gasteiger partial charge in [0.2, 0.25) is 0 Å². The molecule has 7 heteroatoms. The molecule has 0 fully saturated rings. The number of fused-ring (bicyclic) bond motifs is 1. The topological polar surface area (TPSA) is 79.9 Å². The Morgan fingerprint density at radius 2 is 1.96 bits per heavy atom. The van der Waals surface area contributed by atoms with E-state index in [9.17, 15) is 4.79 Å². The number of para-hydroxylation sites is 1. The van der Waals surface area contributed by atoms with Crippen molar-refractivity contribution < 1.29 is 9.53 Å². The number of thiophene rings is 1. The molecule has 4 aromatic rings. The average Bonchev–Trinajstić information content (AvgIpc) is 3.29. The van der Waals surface area contributed by atoms with Crippen LogP contribution in [-0.2, 0) is 0 Å². The molecule has 4 rings (SSSR count). The van der Waals surface area contributed by atoms with Gasteiger partial charge in [-0.15, -0.1) is 11.3 Å². The molecular weight excluding hydrogens is 372 g/mol. The maximum Gasteiger partial charge on any atom is 0.265 e. The summed E-state index contributed by atoms with van der Waals surface area (Å²) in [6.07, 6.45) is 0. The maximum absolute atomic E-state index is 12.7. The third-order valence-corrected chi connectivity index (χ3v) is 5.29. The summed E-state index contributed by atoms with van der Waals surface area (Å²) in [6, 6.07) is 20.6. The van der Waals surface area contributed by atoms with Gasteiger partial charge in [0, 0.05) is 11.1 Å². The Balaban J connectivity index is 1.57. The number of nitrogens with one attached hydrogen (secondary N) is 1. The van der Waals surface area contributed by atoms with Crippen molar-refractivity contribution in [2.24, 2.45) is 0 Å². The monoisotopic (exact) mass is 388 g/mol. The lowest BCUT2D eigenvalue weighted by atomic mass is 10.2. The van der Waals surface area contributed by atoms with Crippen LogP contribution in [-0.4, -0.2) is 22.3 Å². The fraction of sp³-hybridized carbons (Fsp3) is 0.0952. The first-order chi connectivity index (χ1) is 13.7. The Morgan fingerprint density at radius 1 is 1.21 bits per heavy atom. The van der Waals surface area contributed by atoms with Gasteiger partial charge in [0.15, 0.2) is 6.61 Å². The molecule has 0 saturated carbocycles. The minimum absolute atomic E-state index is 0.00866. The minimum atomic E-state index is -0.175. The van der Waals surface area contributed by atoms with Gasteiger partial charge < -0.3 is 10.1 Å². The number of nitrogens with zero attached hydrogens (tertiary/aromatic N) is 3. The number of anilines is 1. The lowest BCUT2D eigenvalue weighted by molar-refractivity contribution is 0.103. The molecule has 0 bridgehead atoms. The molecule has 0 unspecified atom stereocenters. The van der Waals surface area contributed by atoms with Crippen molar-refractivity contribution in [3.05, 3.63) is 71.2 Å². The van der Waals surface area contributed by atoms with Gasteiger partial charge in [-0.3, -0.25) is 4.79 Å². The van der Waals surface area contributed by atoms with Crippen molar-refractivity contribution in [2.45, 2.75) is 6.92 Å². The summed E-state index contributed by atoms with van der Waals surface area (Å²) in [4.78, 5) is 14.2. The van der Waals surface area contributed by atoms with Gasteiger partial charge in [0.05, 0.1) is 16.3 Å². The van der Waals surface area contributed by atoms with E-state index >= 15 is 0 Å². The highest BCUT2D eigenvalue weighted by atomic mass is 32.1. The number of nitriles is 1. The van der Waals surface area contributed by atoms with Gasteiger partial charge in [0.25, 0.3) is 5.91 Å². The average molecular weight is 388 g/mol. The molecule has 2 aromatic heterocycles. The number of benzene rings is 2. The fourth-order valence-electron chi connectivity index (χ4n) is 2.85. The second-order valence-corrected chi connectivity index (χ2v) is 7.12. The fourth-order valence-corrected chi connectivity index (χ4v) is 3.92. The molecule has 28 heavy (non-hydrogen) atoms. The lowest BCUT2D eigenvalue weighted by Gasteiger charge is -2.05. The van der Waals surface area contributed by atoms with E-state index in [1.54, 1.807) is 24.3 Å². The molecule has 0 radical (unpaired) electrons. The second-order valence-electron chi connectivity index (χ2n) is 6.09. The summed E-state index contributed by atoms with van der Waals surface area (Å²) in [5, 5.41) is 17.0. The van der Waals surface area contributed by atoms with Crippen molar-refractivity contribution in [1.82, 2.24) is 9.78 Å². The highest BCUT2D eigenvalue weighted by Crippen LogP contribution is 2.31. The van der Waals surface area contributed by atoms with Gasteiger partial charge in [-0.1, -0.05) is 18.2 Å². The van der Waals surface area contributed by atoms with Gasteiger partial charge in [-0.25, -0.2) is 4.68 Å². The standard InChI is InChI=1S/C21H16N4O2S/c1-14-18-13-19(28-21(18)25(24-14)16-5-3-2-4-6-16)20(26)23-15-7-9-17(10-8-15)27-12-11-22/h2-10,13H,12H2,1H3,(H,23,26). The predicted octanol–water partition coefficient (Wildman–Crippen LogP) is 4.55. The summed E-state index contributed by atoms with van der Waals surface area (Å²) >= 11 is 1.41. The molecule has 0 aliphatic heterocycles. The summed E-state index contributed by atoms with van der Waals surface area (Å²) < 4.78 is 7.08. The van der Waals surface area contributed by atoms with Crippen LogP contribution in [0.2, 0.25) is 0 Å². The van der Waals surface area contributed by atoms with E-state index in [1.165, 1.54) is 11.3 Å². The van der Waals surface area contributed by atoms with E-state index in [2.05, 4.69) is 10.4 Å². The first-order valence-corrected chi connectivity index (χ1v) is 9.43. The van der Waals surface area contributed by atoms with E-state index in [4.69, 9.17) is 10.00 Å². The molecule has 1 N–H and O–H groups in total. The Labute approximate surface area is 165 Å². The zero-order chi connectivity index (χ0) is 19.5. The maximum atomic E-state index is 12.7. The number of carbonyl (C=O) groups is 1. The van der Waals surface area contributed by atoms with Crippen molar-refractivity contribution >= 4 is 33.1 Å². The van der Waals surface area contributed by atoms with Gasteiger partial charge >= 0.3 is 0 Å². The summed E-state index contributed by atoms with van der Waals surface area (Å²) in [7, 11) is 0. The molecule has 1 amide bonds. The third-order valence-electron chi connectivity index (χ3n) is 4.18. The number of rotatable bonds is 5. The Hall–Kier alpha value is -3.63. The SMILES string of the molecule is Cc1nn(-c2ccccc2)c2sc(C(=O)Nc3ccc(OCC#N)cc3)cc12. The van der Waals surface area contributed by atoms with Crippen LogP contribution in [0.5, 0.6) is 5.75 Å². The van der Waals surface area contributed by atoms with Crippen LogP contribution in [0.15, 0.2) is 60.7 Å². The summed E-state index contributed by atoms with van der Waals surface area (Å²) in [5.41, 5.74) is 2.50. The second kappa shape index (κ2) is 7.55. The van der Waals surface area contributed by atoms with Crippen molar-refractivity contribution in [1.29, 1.82) is 5.26 Å². The summed E-state index contributed by atoms with van der Waals surface area (Å²) in [6.45, 7) is 1.93. The first-order valence-electron chi connectivity index (χ1n) is 8.61. The zero-order valence-electron chi connectivity index (χ0n) is 15.0. The Kier molecular flexibility index (Phi) is 4.79. The molecule has 0 saturated heterocycles. The van der Waals surface area contributed by atoms with Crippen molar-refractivity contribution in [2.75, 3.05) is 11.9 Å². The van der Waals surface area contributed by atoms with Crippen LogP contribution in [0.3, 0.4) is 0 Å². The van der Waals surface area contributed by atoms with E-state index in [0.717, 1.165) is 21.6 Å². The quantitative estimate of drug-likeness (QED) is 0.544. The third kappa shape index (κ3) is 3.46. The normalized spacial score (nSPS) is 10.6. The van der Waals surface area contributed by atoms with Crippen molar-refractivity contribution in [3.8, 4) is 17.5 Å². The van der Waals surface area contributed by atoms with Crippen LogP contribution in [0.1, 0.15) is 15.4 Å². The molecule has 2 aromatic carbocycles. The van der Waals surface area contributed by atoms with E-state index in [-0.39, 0.29) is 12.5 Å². The van der Waals surface area contributed by atoms with Crippen LogP contribution in [0, 0.1) is 18.3 Å². The van der Waals surface area contributed by atoms with E-state index in [1.807, 2.05) is 54.1 Å². The number of ether oxygens (including phenoxy) is 1. The van der Waals surface area contributed by atoms with Gasteiger partial charge in [-0.05, 0) is 49.4 Å². The largest absolute Gasteiger partial charge is 0.479 e. The van der Waals surface area contributed by atoms with E-state index < -0.39 is 0 Å². The van der Waals surface area contributed by atoms with Crippen molar-refractivity contribution in [3.63, 3.8) is 0 Å². The Morgan fingerprint density at radius 3 is 2.68 bits per heavy atom. The molecule has 0 aliphatic carbocycles. The zero-order valence-corrected chi connectivity index (χ0v) is 15.9. The molecule has 0 aliphatic rings.